The van der Waals surface area contributed by atoms with Crippen molar-refractivity contribution in [3.63, 3.8) is 0 Å². The summed E-state index contributed by atoms with van der Waals surface area (Å²) in [7, 11) is 1.79. The molecule has 0 atom stereocenters. The Morgan fingerprint density at radius 3 is 2.88 bits per heavy atom. The smallest absolute Gasteiger partial charge is 0.258 e. The molecule has 2 aromatic rings. The third-order valence-electron chi connectivity index (χ3n) is 2.04. The van der Waals surface area contributed by atoms with Crippen LogP contribution in [0.3, 0.4) is 0 Å². The Kier molecular flexibility index (Phi) is 2.87. The lowest BCUT2D eigenvalue weighted by molar-refractivity contribution is 0.102. The molecule has 82 valence electrons. The van der Waals surface area contributed by atoms with Crippen LogP contribution in [0.5, 0.6) is 0 Å². The molecule has 0 unspecified atom stereocenters. The van der Waals surface area contributed by atoms with Gasteiger partial charge in [0.15, 0.2) is 0 Å². The van der Waals surface area contributed by atoms with Crippen molar-refractivity contribution in [2.75, 3.05) is 5.32 Å². The van der Waals surface area contributed by atoms with Gasteiger partial charge in [0.1, 0.15) is 5.15 Å². The molecule has 1 amide bonds. The zero-order valence-electron chi connectivity index (χ0n) is 8.51. The first-order valence-electron chi connectivity index (χ1n) is 4.57. The van der Waals surface area contributed by atoms with Crippen molar-refractivity contribution in [1.82, 2.24) is 14.5 Å². The van der Waals surface area contributed by atoms with E-state index in [1.165, 1.54) is 12.3 Å². The maximum Gasteiger partial charge on any atom is 0.258 e. The van der Waals surface area contributed by atoms with Gasteiger partial charge in [-0.05, 0) is 12.1 Å². The maximum absolute atomic E-state index is 11.8. The number of halogens is 1. The van der Waals surface area contributed by atoms with Crippen molar-refractivity contribution >= 4 is 23.5 Å². The van der Waals surface area contributed by atoms with Crippen LogP contribution < -0.4 is 5.32 Å². The van der Waals surface area contributed by atoms with E-state index in [9.17, 15) is 4.79 Å². The molecule has 0 fully saturated rings. The van der Waals surface area contributed by atoms with Gasteiger partial charge in [-0.1, -0.05) is 11.6 Å². The minimum Gasteiger partial charge on any atom is -0.320 e. The van der Waals surface area contributed by atoms with Gasteiger partial charge >= 0.3 is 0 Å². The van der Waals surface area contributed by atoms with Crippen LogP contribution in [0.4, 0.5) is 5.95 Å². The highest BCUT2D eigenvalue weighted by atomic mass is 35.5. The molecule has 0 saturated heterocycles. The first kappa shape index (κ1) is 10.6. The molecule has 0 aliphatic rings. The second kappa shape index (κ2) is 4.32. The number of hydrogen-bond acceptors (Lipinski definition) is 3. The van der Waals surface area contributed by atoms with Gasteiger partial charge in [-0.2, -0.15) is 0 Å². The normalized spacial score (nSPS) is 10.1. The first-order chi connectivity index (χ1) is 7.66. The molecular formula is C10H9ClN4O. The van der Waals surface area contributed by atoms with Gasteiger partial charge in [0, 0.05) is 31.2 Å². The van der Waals surface area contributed by atoms with E-state index < -0.39 is 0 Å². The molecule has 1 N–H and O–H groups in total. The summed E-state index contributed by atoms with van der Waals surface area (Å²) >= 11 is 5.69. The summed E-state index contributed by atoms with van der Waals surface area (Å²) in [5, 5.41) is 2.94. The SMILES string of the molecule is Cn1ccnc1NC(=O)c1ccnc(Cl)c1. The van der Waals surface area contributed by atoms with Gasteiger partial charge in [0.05, 0.1) is 0 Å². The number of imidazole rings is 1. The summed E-state index contributed by atoms with van der Waals surface area (Å²) in [6.45, 7) is 0. The number of aromatic nitrogens is 3. The van der Waals surface area contributed by atoms with Crippen LogP contribution in [-0.4, -0.2) is 20.4 Å². The topological polar surface area (TPSA) is 59.8 Å². The number of hydrogen-bond donors (Lipinski definition) is 1. The standard InChI is InChI=1S/C10H9ClN4O/c1-15-5-4-13-10(15)14-9(16)7-2-3-12-8(11)6-7/h2-6H,1H3,(H,13,14,16). The molecule has 0 aromatic carbocycles. The van der Waals surface area contributed by atoms with E-state index in [0.717, 1.165) is 0 Å². The zero-order valence-corrected chi connectivity index (χ0v) is 9.27. The molecule has 0 saturated carbocycles. The molecule has 5 nitrogen and oxygen atoms in total. The summed E-state index contributed by atoms with van der Waals surface area (Å²) in [5.41, 5.74) is 0.447. The fraction of sp³-hybridized carbons (Fsp3) is 0.100. The van der Waals surface area contributed by atoms with Crippen molar-refractivity contribution in [3.05, 3.63) is 41.4 Å². The summed E-state index contributed by atoms with van der Waals surface area (Å²) in [6, 6.07) is 3.09. The highest BCUT2D eigenvalue weighted by Gasteiger charge is 2.08. The van der Waals surface area contributed by atoms with E-state index in [4.69, 9.17) is 11.6 Å². The van der Waals surface area contributed by atoms with Crippen molar-refractivity contribution in [2.24, 2.45) is 7.05 Å². The number of aryl methyl sites for hydroxylation is 1. The molecule has 2 heterocycles. The second-order valence-electron chi connectivity index (χ2n) is 3.18. The molecule has 2 rings (SSSR count). The Morgan fingerprint density at radius 2 is 2.25 bits per heavy atom. The van der Waals surface area contributed by atoms with E-state index in [-0.39, 0.29) is 11.1 Å². The summed E-state index contributed by atoms with van der Waals surface area (Å²) in [4.78, 5) is 19.6. The van der Waals surface area contributed by atoms with E-state index in [0.29, 0.717) is 11.5 Å². The van der Waals surface area contributed by atoms with Crippen molar-refractivity contribution < 1.29 is 4.79 Å². The lowest BCUT2D eigenvalue weighted by atomic mass is 10.2. The van der Waals surface area contributed by atoms with Gasteiger partial charge in [0.2, 0.25) is 5.95 Å². The van der Waals surface area contributed by atoms with Gasteiger partial charge in [0.25, 0.3) is 5.91 Å². The molecule has 2 aromatic heterocycles. The predicted octanol–water partition coefficient (Wildman–Crippen LogP) is 1.72. The van der Waals surface area contributed by atoms with Gasteiger partial charge < -0.3 is 4.57 Å². The predicted molar refractivity (Wildman–Crippen MR) is 60.4 cm³/mol. The lowest BCUT2D eigenvalue weighted by Crippen LogP contribution is -2.14. The molecular weight excluding hydrogens is 228 g/mol. The number of carbonyl (C=O) groups excluding carboxylic acids is 1. The third-order valence-corrected chi connectivity index (χ3v) is 2.24. The average Bonchev–Trinajstić information content (AvgIpc) is 2.64. The third kappa shape index (κ3) is 2.20. The fourth-order valence-corrected chi connectivity index (χ4v) is 1.38. The molecule has 6 heteroatoms. The summed E-state index contributed by atoms with van der Waals surface area (Å²) in [5.74, 6) is 0.219. The Hall–Kier alpha value is -1.88. The maximum atomic E-state index is 11.8. The van der Waals surface area contributed by atoms with Gasteiger partial charge in [-0.25, -0.2) is 9.97 Å². The van der Waals surface area contributed by atoms with Crippen LogP contribution in [0.1, 0.15) is 10.4 Å². The van der Waals surface area contributed by atoms with Crippen molar-refractivity contribution in [1.29, 1.82) is 0 Å². The zero-order chi connectivity index (χ0) is 11.5. The Bertz CT molecular complexity index is 523. The molecule has 0 aliphatic heterocycles. The number of rotatable bonds is 2. The van der Waals surface area contributed by atoms with E-state index in [2.05, 4.69) is 15.3 Å². The van der Waals surface area contributed by atoms with Crippen LogP contribution in [-0.2, 0) is 7.05 Å². The fourth-order valence-electron chi connectivity index (χ4n) is 1.20. The number of pyridine rings is 1. The molecule has 0 radical (unpaired) electrons. The summed E-state index contributed by atoms with van der Waals surface area (Å²) < 4.78 is 1.71. The lowest BCUT2D eigenvalue weighted by Gasteiger charge is -2.04. The van der Waals surface area contributed by atoms with Crippen molar-refractivity contribution in [3.8, 4) is 0 Å². The number of amides is 1. The van der Waals surface area contributed by atoms with Gasteiger partial charge in [-0.3, -0.25) is 10.1 Å². The van der Waals surface area contributed by atoms with Crippen molar-refractivity contribution in [2.45, 2.75) is 0 Å². The van der Waals surface area contributed by atoms with Crippen LogP contribution in [0.2, 0.25) is 5.15 Å². The number of carbonyl (C=O) groups is 1. The number of anilines is 1. The minimum absolute atomic E-state index is 0.265. The second-order valence-corrected chi connectivity index (χ2v) is 3.57. The minimum atomic E-state index is -0.265. The van der Waals surface area contributed by atoms with Crippen LogP contribution in [0.15, 0.2) is 30.7 Å². The highest BCUT2D eigenvalue weighted by molar-refractivity contribution is 6.29. The quantitative estimate of drug-likeness (QED) is 0.808. The van der Waals surface area contributed by atoms with Gasteiger partial charge in [-0.15, -0.1) is 0 Å². The Morgan fingerprint density at radius 1 is 1.44 bits per heavy atom. The molecule has 0 aliphatic carbocycles. The van der Waals surface area contributed by atoms with Crippen LogP contribution in [0, 0.1) is 0 Å². The largest absolute Gasteiger partial charge is 0.320 e. The molecule has 0 bridgehead atoms. The molecule has 16 heavy (non-hydrogen) atoms. The number of nitrogens with zero attached hydrogens (tertiary/aromatic N) is 3. The summed E-state index contributed by atoms with van der Waals surface area (Å²) in [6.07, 6.45) is 4.83. The average molecular weight is 237 g/mol. The molecule has 0 spiro atoms. The highest BCUT2D eigenvalue weighted by Crippen LogP contribution is 2.09. The Labute approximate surface area is 97.1 Å². The van der Waals surface area contributed by atoms with E-state index in [1.807, 2.05) is 0 Å². The van der Waals surface area contributed by atoms with Crippen LogP contribution >= 0.6 is 11.6 Å². The van der Waals surface area contributed by atoms with Crippen LogP contribution in [0.25, 0.3) is 0 Å². The van der Waals surface area contributed by atoms with E-state index >= 15 is 0 Å². The first-order valence-corrected chi connectivity index (χ1v) is 4.95. The van der Waals surface area contributed by atoms with E-state index in [1.54, 1.807) is 30.1 Å². The Balaban J connectivity index is 2.18. The monoisotopic (exact) mass is 236 g/mol. The number of nitrogens with one attached hydrogen (secondary N) is 1.